The van der Waals surface area contributed by atoms with E-state index >= 15 is 8.78 Å². The number of hydrogen-bond acceptors (Lipinski definition) is 7. The molecule has 1 aliphatic carbocycles. The van der Waals surface area contributed by atoms with Crippen molar-refractivity contribution in [2.45, 2.75) is 56.8 Å². The van der Waals surface area contributed by atoms with E-state index in [1.807, 2.05) is 12.1 Å². The number of fused-ring (bicyclic) bond motifs is 1. The first kappa shape index (κ1) is 28.5. The van der Waals surface area contributed by atoms with Gasteiger partial charge in [0.15, 0.2) is 6.17 Å². The van der Waals surface area contributed by atoms with Crippen molar-refractivity contribution in [1.82, 2.24) is 9.27 Å². The minimum Gasteiger partial charge on any atom is -0.481 e. The molecule has 12 heteroatoms. The van der Waals surface area contributed by atoms with E-state index in [0.29, 0.717) is 31.1 Å². The van der Waals surface area contributed by atoms with Gasteiger partial charge in [-0.3, -0.25) is 14.4 Å². The summed E-state index contributed by atoms with van der Waals surface area (Å²) in [6.07, 6.45) is -0.708. The van der Waals surface area contributed by atoms with Crippen LogP contribution < -0.4 is 5.32 Å². The third-order valence-corrected chi connectivity index (χ3v) is 8.66. The van der Waals surface area contributed by atoms with Crippen molar-refractivity contribution in [3.8, 4) is 0 Å². The van der Waals surface area contributed by atoms with Gasteiger partial charge in [0.1, 0.15) is 5.69 Å². The van der Waals surface area contributed by atoms with Crippen molar-refractivity contribution in [1.29, 1.82) is 0 Å². The van der Waals surface area contributed by atoms with Crippen LogP contribution >= 0.6 is 23.1 Å². The van der Waals surface area contributed by atoms with Crippen molar-refractivity contribution in [3.63, 3.8) is 0 Å². The number of halogens is 3. The lowest BCUT2D eigenvalue weighted by molar-refractivity contribution is -0.255. The highest BCUT2D eigenvalue weighted by Gasteiger charge is 2.52. The molecule has 40 heavy (non-hydrogen) atoms. The number of rotatable bonds is 9. The summed E-state index contributed by atoms with van der Waals surface area (Å²) in [5.41, 5.74) is 0.234. The summed E-state index contributed by atoms with van der Waals surface area (Å²) in [6, 6.07) is 11.1. The summed E-state index contributed by atoms with van der Waals surface area (Å²) < 4.78 is 42.8. The number of benzene rings is 2. The summed E-state index contributed by atoms with van der Waals surface area (Å²) in [5, 5.41) is 12.5. The monoisotopic (exact) mass is 591 g/mol. The molecule has 1 aliphatic heterocycles. The number of carboxylic acids is 1. The van der Waals surface area contributed by atoms with Crippen LogP contribution in [0.4, 0.5) is 14.5 Å². The molecule has 3 aromatic rings. The number of carbonyl (C=O) groups is 3. The summed E-state index contributed by atoms with van der Waals surface area (Å²) in [7, 11) is 0. The number of ether oxygens (including phenoxy) is 1. The van der Waals surface area contributed by atoms with E-state index in [2.05, 4.69) is 9.69 Å². The van der Waals surface area contributed by atoms with Crippen molar-refractivity contribution in [2.75, 3.05) is 18.4 Å². The van der Waals surface area contributed by atoms with Gasteiger partial charge in [-0.25, -0.2) is 9.29 Å². The largest absolute Gasteiger partial charge is 0.481 e. The Kier molecular flexibility index (Phi) is 8.46. The normalized spacial score (nSPS) is 22.1. The number of alkyl halides is 2. The zero-order valence-corrected chi connectivity index (χ0v) is 23.0. The summed E-state index contributed by atoms with van der Waals surface area (Å²) >= 11 is 7.53. The van der Waals surface area contributed by atoms with E-state index < -0.39 is 41.8 Å². The standard InChI is InChI=1S/C28H28ClF2N3O5S/c29-20-15-17(9-12-21(20)32-26(36)24-19-5-1-2-6-22(19)40-33-24)23(30)25(35)28(31,34-13-3-4-14-34)39-18-10-7-16(8-11-18)27(37)38/h1-2,5-6,9,12,15-16,18,23H,3-4,7-8,10-11,13-14H2,(H,32,36)(H,37,38)/t16-,18-,23-,28?/m0/s1. The Bertz CT molecular complexity index is 1420. The van der Waals surface area contributed by atoms with Gasteiger partial charge in [-0.1, -0.05) is 35.9 Å². The van der Waals surface area contributed by atoms with Crippen LogP contribution in [-0.2, 0) is 14.3 Å². The summed E-state index contributed by atoms with van der Waals surface area (Å²) in [4.78, 5) is 38.6. The van der Waals surface area contributed by atoms with Crippen molar-refractivity contribution in [3.05, 3.63) is 58.7 Å². The van der Waals surface area contributed by atoms with E-state index in [9.17, 15) is 19.5 Å². The highest BCUT2D eigenvalue weighted by Crippen LogP contribution is 2.38. The number of ketones is 1. The predicted octanol–water partition coefficient (Wildman–Crippen LogP) is 6.16. The highest BCUT2D eigenvalue weighted by atomic mass is 35.5. The first-order chi connectivity index (χ1) is 19.2. The maximum Gasteiger partial charge on any atom is 0.333 e. The number of aromatic nitrogens is 1. The average molecular weight is 592 g/mol. The number of amides is 1. The maximum absolute atomic E-state index is 16.4. The fourth-order valence-electron chi connectivity index (χ4n) is 5.27. The first-order valence-corrected chi connectivity index (χ1v) is 14.3. The van der Waals surface area contributed by atoms with Crippen LogP contribution in [0.2, 0.25) is 5.02 Å². The van der Waals surface area contributed by atoms with Gasteiger partial charge in [0, 0.05) is 18.5 Å². The molecule has 2 N–H and O–H groups in total. The Labute approximate surface area is 238 Å². The van der Waals surface area contributed by atoms with Gasteiger partial charge in [0.2, 0.25) is 0 Å². The van der Waals surface area contributed by atoms with E-state index in [0.717, 1.165) is 4.70 Å². The average Bonchev–Trinajstić information content (AvgIpc) is 3.65. The van der Waals surface area contributed by atoms with Gasteiger partial charge >= 0.3 is 11.9 Å². The van der Waals surface area contributed by atoms with Gasteiger partial charge in [-0.05, 0) is 73.8 Å². The molecule has 2 aromatic carbocycles. The number of carboxylic acid groups (broad SMARTS) is 1. The molecule has 5 rings (SSSR count). The minimum atomic E-state index is -3.00. The minimum absolute atomic E-state index is 0.0284. The van der Waals surface area contributed by atoms with E-state index in [1.54, 1.807) is 12.1 Å². The van der Waals surface area contributed by atoms with Crippen molar-refractivity contribution < 1.29 is 33.0 Å². The molecular weight excluding hydrogens is 564 g/mol. The molecular formula is C28H28ClF2N3O5S. The smallest absolute Gasteiger partial charge is 0.333 e. The molecule has 2 aliphatic rings. The lowest BCUT2D eigenvalue weighted by Crippen LogP contribution is -2.55. The lowest BCUT2D eigenvalue weighted by Gasteiger charge is -2.38. The van der Waals surface area contributed by atoms with Gasteiger partial charge in [0.25, 0.3) is 11.7 Å². The molecule has 1 unspecified atom stereocenters. The maximum atomic E-state index is 16.4. The van der Waals surface area contributed by atoms with Crippen LogP contribution in [0.5, 0.6) is 0 Å². The molecule has 8 nitrogen and oxygen atoms in total. The number of likely N-dealkylation sites (tertiary alicyclic amines) is 1. The Hall–Kier alpha value is -2.99. The van der Waals surface area contributed by atoms with E-state index in [1.165, 1.54) is 34.6 Å². The fraction of sp³-hybridized carbons (Fsp3) is 0.429. The second-order valence-electron chi connectivity index (χ2n) is 10.1. The molecule has 0 bridgehead atoms. The number of nitrogens with zero attached hydrogens (tertiary/aromatic N) is 2. The third kappa shape index (κ3) is 5.74. The predicted molar refractivity (Wildman–Crippen MR) is 147 cm³/mol. The summed E-state index contributed by atoms with van der Waals surface area (Å²) in [6.45, 7) is 0.465. The number of carbonyl (C=O) groups excluding carboxylic acids is 2. The first-order valence-electron chi connectivity index (χ1n) is 13.2. The van der Waals surface area contributed by atoms with Crippen LogP contribution in [0, 0.1) is 5.92 Å². The van der Waals surface area contributed by atoms with Crippen molar-refractivity contribution >= 4 is 56.6 Å². The van der Waals surface area contributed by atoms with Crippen molar-refractivity contribution in [2.24, 2.45) is 5.92 Å². The van der Waals surface area contributed by atoms with Crippen LogP contribution in [0.1, 0.15) is 60.7 Å². The van der Waals surface area contributed by atoms with Gasteiger partial charge < -0.3 is 15.2 Å². The topological polar surface area (TPSA) is 109 Å². The molecule has 2 heterocycles. The zero-order valence-electron chi connectivity index (χ0n) is 21.4. The molecule has 1 aromatic heterocycles. The molecule has 2 fully saturated rings. The molecule has 0 radical (unpaired) electrons. The van der Waals surface area contributed by atoms with Crippen LogP contribution in [0.3, 0.4) is 0 Å². The Morgan fingerprint density at radius 1 is 1.12 bits per heavy atom. The zero-order chi connectivity index (χ0) is 28.4. The quantitative estimate of drug-likeness (QED) is 0.287. The molecule has 1 amide bonds. The molecule has 1 saturated heterocycles. The third-order valence-electron chi connectivity index (χ3n) is 7.52. The van der Waals surface area contributed by atoms with E-state index in [-0.39, 0.29) is 47.9 Å². The highest BCUT2D eigenvalue weighted by molar-refractivity contribution is 7.13. The van der Waals surface area contributed by atoms with Gasteiger partial charge in [-0.15, -0.1) is 0 Å². The number of hydrogen-bond donors (Lipinski definition) is 2. The molecule has 212 valence electrons. The second kappa shape index (κ2) is 11.9. The van der Waals surface area contributed by atoms with Crippen LogP contribution in [-0.4, -0.2) is 57.2 Å². The van der Waals surface area contributed by atoms with Crippen LogP contribution in [0.25, 0.3) is 10.1 Å². The molecule has 2 atom stereocenters. The molecule has 0 spiro atoms. The van der Waals surface area contributed by atoms with E-state index in [4.69, 9.17) is 16.3 Å². The number of nitrogens with one attached hydrogen (secondary N) is 1. The fourth-order valence-corrected chi connectivity index (χ4v) is 6.28. The number of aliphatic carboxylic acids is 1. The lowest BCUT2D eigenvalue weighted by atomic mass is 9.87. The SMILES string of the molecule is O=C(Nc1ccc([C@H](F)C(=O)C(F)(O[C@H]2CC[C@H](C(=O)O)CC2)N2CCCC2)cc1Cl)c1nsc2ccccc12. The Morgan fingerprint density at radius 3 is 2.50 bits per heavy atom. The second-order valence-corrected chi connectivity index (χ2v) is 11.3. The number of Topliss-reactive ketones (excluding diaryl/α,β-unsaturated/α-hetero) is 1. The summed E-state index contributed by atoms with van der Waals surface area (Å²) in [5.74, 6) is -6.34. The number of anilines is 1. The Balaban J connectivity index is 1.31. The van der Waals surface area contributed by atoms with Crippen LogP contribution in [0.15, 0.2) is 42.5 Å². The van der Waals surface area contributed by atoms with Gasteiger partial charge in [-0.2, -0.15) is 8.76 Å². The Morgan fingerprint density at radius 2 is 1.82 bits per heavy atom. The van der Waals surface area contributed by atoms with Gasteiger partial charge in [0.05, 0.1) is 27.4 Å². The molecule has 1 saturated carbocycles.